The van der Waals surface area contributed by atoms with Crippen molar-refractivity contribution in [2.75, 3.05) is 11.6 Å². The first-order valence-corrected chi connectivity index (χ1v) is 8.64. The Balaban J connectivity index is 2.29. The molecule has 1 aromatic rings. The number of hydrogen-bond donors (Lipinski definition) is 3. The van der Waals surface area contributed by atoms with Crippen molar-refractivity contribution in [3.05, 3.63) is 18.2 Å². The Bertz CT molecular complexity index is 672. The second-order valence-electron chi connectivity index (χ2n) is 5.82. The number of carbonyl (C=O) groups excluding carboxylic acids is 1. The summed E-state index contributed by atoms with van der Waals surface area (Å²) in [5.74, 6) is -0.473. The third-order valence-corrected chi connectivity index (χ3v) is 5.30. The molecule has 0 aromatic heterocycles. The number of benzene rings is 1. The van der Waals surface area contributed by atoms with Gasteiger partial charge in [0.15, 0.2) is 9.84 Å². The second-order valence-corrected chi connectivity index (χ2v) is 7.84. The van der Waals surface area contributed by atoms with E-state index < -0.39 is 15.3 Å². The summed E-state index contributed by atoms with van der Waals surface area (Å²) in [6.45, 7) is 1.79. The fourth-order valence-electron chi connectivity index (χ4n) is 2.59. The van der Waals surface area contributed by atoms with E-state index in [9.17, 15) is 18.3 Å². The number of carbonyl (C=O) groups is 1. The molecule has 1 aliphatic rings. The van der Waals surface area contributed by atoms with Crippen LogP contribution in [0.15, 0.2) is 23.1 Å². The summed E-state index contributed by atoms with van der Waals surface area (Å²) >= 11 is 0. The van der Waals surface area contributed by atoms with Crippen LogP contribution < -0.4 is 11.1 Å². The van der Waals surface area contributed by atoms with Crippen LogP contribution in [0.4, 0.5) is 5.69 Å². The smallest absolute Gasteiger partial charge is 0.231 e. The number of anilines is 1. The molecule has 1 aromatic carbocycles. The number of phenolic OH excluding ortho intramolecular Hbond substituents is 1. The Morgan fingerprint density at radius 1 is 1.48 bits per heavy atom. The molecular formula is C14H20N2O4S. The topological polar surface area (TPSA) is 109 Å². The highest BCUT2D eigenvalue weighted by molar-refractivity contribution is 7.90. The normalized spacial score (nSPS) is 25.8. The van der Waals surface area contributed by atoms with Gasteiger partial charge >= 0.3 is 0 Å². The standard InChI is InChI=1S/C14H20N2O4S/c1-14(7-3-4-12(14)15)13(18)16-10-8-9(21(2,19)20)5-6-11(10)17/h5-6,8,12,17H,3-4,7,15H2,1-2H3,(H,16,18). The van der Waals surface area contributed by atoms with E-state index in [1.807, 2.05) is 0 Å². The molecule has 0 spiro atoms. The van der Waals surface area contributed by atoms with Gasteiger partial charge < -0.3 is 16.2 Å². The number of sulfone groups is 1. The first-order chi connectivity index (χ1) is 9.64. The molecule has 6 nitrogen and oxygen atoms in total. The van der Waals surface area contributed by atoms with Gasteiger partial charge in [0.05, 0.1) is 16.0 Å². The molecule has 2 unspecified atom stereocenters. The van der Waals surface area contributed by atoms with Crippen molar-refractivity contribution < 1.29 is 18.3 Å². The fourth-order valence-corrected chi connectivity index (χ4v) is 3.23. The highest BCUT2D eigenvalue weighted by Crippen LogP contribution is 2.38. The predicted molar refractivity (Wildman–Crippen MR) is 79.8 cm³/mol. The Morgan fingerprint density at radius 3 is 2.67 bits per heavy atom. The van der Waals surface area contributed by atoms with Gasteiger partial charge in [-0.2, -0.15) is 0 Å². The molecule has 7 heteroatoms. The van der Waals surface area contributed by atoms with E-state index in [1.54, 1.807) is 6.92 Å². The maximum atomic E-state index is 12.4. The number of hydrogen-bond acceptors (Lipinski definition) is 5. The molecule has 2 atom stereocenters. The largest absolute Gasteiger partial charge is 0.506 e. The monoisotopic (exact) mass is 312 g/mol. The number of nitrogens with one attached hydrogen (secondary N) is 1. The highest BCUT2D eigenvalue weighted by Gasteiger charge is 2.43. The zero-order valence-electron chi connectivity index (χ0n) is 12.1. The summed E-state index contributed by atoms with van der Waals surface area (Å²) in [6, 6.07) is 3.57. The maximum Gasteiger partial charge on any atom is 0.231 e. The van der Waals surface area contributed by atoms with E-state index in [0.29, 0.717) is 6.42 Å². The average Bonchev–Trinajstić information content (AvgIpc) is 2.72. The van der Waals surface area contributed by atoms with Gasteiger partial charge in [-0.1, -0.05) is 6.42 Å². The summed E-state index contributed by atoms with van der Waals surface area (Å²) < 4.78 is 23.1. The molecule has 1 aliphatic carbocycles. The van der Waals surface area contributed by atoms with E-state index in [1.165, 1.54) is 18.2 Å². The van der Waals surface area contributed by atoms with Gasteiger partial charge in [-0.15, -0.1) is 0 Å². The lowest BCUT2D eigenvalue weighted by molar-refractivity contribution is -0.125. The zero-order valence-corrected chi connectivity index (χ0v) is 12.9. The SMILES string of the molecule is CC1(C(=O)Nc2cc(S(C)(=O)=O)ccc2O)CCCC1N. The van der Waals surface area contributed by atoms with Crippen molar-refractivity contribution in [3.63, 3.8) is 0 Å². The Labute approximate surface area is 124 Å². The first-order valence-electron chi connectivity index (χ1n) is 6.75. The summed E-state index contributed by atoms with van der Waals surface area (Å²) in [4.78, 5) is 12.4. The van der Waals surface area contributed by atoms with Crippen LogP contribution in [0.25, 0.3) is 0 Å². The maximum absolute atomic E-state index is 12.4. The third kappa shape index (κ3) is 3.03. The molecule has 0 aliphatic heterocycles. The van der Waals surface area contributed by atoms with Crippen molar-refractivity contribution in [1.82, 2.24) is 0 Å². The molecule has 0 radical (unpaired) electrons. The second kappa shape index (κ2) is 5.31. The van der Waals surface area contributed by atoms with Gasteiger partial charge in [0.1, 0.15) is 5.75 Å². The molecule has 21 heavy (non-hydrogen) atoms. The Morgan fingerprint density at radius 2 is 2.14 bits per heavy atom. The van der Waals surface area contributed by atoms with Crippen molar-refractivity contribution in [2.24, 2.45) is 11.1 Å². The van der Waals surface area contributed by atoms with Crippen LogP contribution in [-0.4, -0.2) is 31.7 Å². The minimum absolute atomic E-state index is 0.0384. The summed E-state index contributed by atoms with van der Waals surface area (Å²) in [5.41, 5.74) is 5.37. The molecule has 0 heterocycles. The predicted octanol–water partition coefficient (Wildman–Crippen LogP) is 1.25. The number of aromatic hydroxyl groups is 1. The molecule has 1 amide bonds. The van der Waals surface area contributed by atoms with Crippen molar-refractivity contribution in [2.45, 2.75) is 37.1 Å². The molecule has 0 bridgehead atoms. The molecule has 1 saturated carbocycles. The number of amides is 1. The summed E-state index contributed by atoms with van der Waals surface area (Å²) in [6.07, 6.45) is 3.39. The minimum atomic E-state index is -3.41. The van der Waals surface area contributed by atoms with Gasteiger partial charge in [-0.25, -0.2) is 8.42 Å². The van der Waals surface area contributed by atoms with Crippen molar-refractivity contribution in [3.8, 4) is 5.75 Å². The average molecular weight is 312 g/mol. The lowest BCUT2D eigenvalue weighted by Crippen LogP contribution is -2.44. The van der Waals surface area contributed by atoms with Crippen molar-refractivity contribution in [1.29, 1.82) is 0 Å². The van der Waals surface area contributed by atoms with E-state index in [0.717, 1.165) is 19.1 Å². The lowest BCUT2D eigenvalue weighted by Gasteiger charge is -2.27. The molecule has 0 saturated heterocycles. The molecule has 2 rings (SSSR count). The minimum Gasteiger partial charge on any atom is -0.506 e. The van der Waals surface area contributed by atoms with E-state index in [4.69, 9.17) is 5.73 Å². The van der Waals surface area contributed by atoms with Crippen LogP contribution in [-0.2, 0) is 14.6 Å². The van der Waals surface area contributed by atoms with Gasteiger partial charge in [0.25, 0.3) is 0 Å². The van der Waals surface area contributed by atoms with Gasteiger partial charge in [0.2, 0.25) is 5.91 Å². The number of rotatable bonds is 3. The summed E-state index contributed by atoms with van der Waals surface area (Å²) in [7, 11) is -3.41. The molecule has 116 valence electrons. The van der Waals surface area contributed by atoms with Crippen LogP contribution in [0.1, 0.15) is 26.2 Å². The fraction of sp³-hybridized carbons (Fsp3) is 0.500. The van der Waals surface area contributed by atoms with Crippen LogP contribution in [0, 0.1) is 5.41 Å². The van der Waals surface area contributed by atoms with Gasteiger partial charge in [0, 0.05) is 12.3 Å². The number of phenols is 1. The molecule has 1 fully saturated rings. The first kappa shape index (κ1) is 15.8. The highest BCUT2D eigenvalue weighted by atomic mass is 32.2. The van der Waals surface area contributed by atoms with E-state index in [2.05, 4.69) is 5.32 Å². The zero-order chi connectivity index (χ0) is 15.8. The quantitative estimate of drug-likeness (QED) is 0.728. The van der Waals surface area contributed by atoms with Crippen LogP contribution in [0.5, 0.6) is 5.75 Å². The molecule has 4 N–H and O–H groups in total. The summed E-state index contributed by atoms with van der Waals surface area (Å²) in [5, 5.41) is 12.4. The molecular weight excluding hydrogens is 292 g/mol. The van der Waals surface area contributed by atoms with Gasteiger partial charge in [-0.3, -0.25) is 4.79 Å². The van der Waals surface area contributed by atoms with E-state index >= 15 is 0 Å². The Kier molecular flexibility index (Phi) is 3.99. The number of nitrogens with two attached hydrogens (primary N) is 1. The van der Waals surface area contributed by atoms with Crippen molar-refractivity contribution >= 4 is 21.4 Å². The van der Waals surface area contributed by atoms with Crippen LogP contribution in [0.2, 0.25) is 0 Å². The van der Waals surface area contributed by atoms with Gasteiger partial charge in [-0.05, 0) is 38.0 Å². The third-order valence-electron chi connectivity index (χ3n) is 4.19. The Hall–Kier alpha value is -1.60. The van der Waals surface area contributed by atoms with E-state index in [-0.39, 0.29) is 28.3 Å². The van der Waals surface area contributed by atoms with Crippen LogP contribution >= 0.6 is 0 Å². The lowest BCUT2D eigenvalue weighted by atomic mass is 9.84. The van der Waals surface area contributed by atoms with Crippen LogP contribution in [0.3, 0.4) is 0 Å².